The van der Waals surface area contributed by atoms with E-state index in [0.29, 0.717) is 11.8 Å². The van der Waals surface area contributed by atoms with Gasteiger partial charge in [-0.05, 0) is 132 Å². The van der Waals surface area contributed by atoms with Gasteiger partial charge in [-0.25, -0.2) is 0 Å². The lowest BCUT2D eigenvalue weighted by molar-refractivity contribution is 0.445. The summed E-state index contributed by atoms with van der Waals surface area (Å²) < 4.78 is 0. The third-order valence-corrected chi connectivity index (χ3v) is 11.2. The average Bonchev–Trinajstić information content (AvgIpc) is 3.10. The van der Waals surface area contributed by atoms with Gasteiger partial charge in [-0.3, -0.25) is 0 Å². The summed E-state index contributed by atoms with van der Waals surface area (Å²) >= 11 is 0. The quantitative estimate of drug-likeness (QED) is 0.147. The smallest absolute Gasteiger partial charge is 0.00988 e. The Hall–Kier alpha value is -4.16. The van der Waals surface area contributed by atoms with Crippen LogP contribution in [0.15, 0.2) is 109 Å². The predicted octanol–water partition coefficient (Wildman–Crippen LogP) is 13.2. The molecule has 0 aromatic heterocycles. The summed E-state index contributed by atoms with van der Waals surface area (Å²) in [7, 11) is 0. The molecule has 0 heterocycles. The number of rotatable bonds is 3. The molecule has 216 valence electrons. The monoisotopic (exact) mass is 568 g/mol. The zero-order chi connectivity index (χ0) is 29.0. The standard InChI is InChI=1S/C44H40/c1-3-12-29(13-4-1)43-38-18-9-10-19-39(38)44(30-14-5-2-6-15-30)42-28-34(23-25-40(42)43)35-20-11-21-36-37(35)24-22-33-26-31-16-7-8-17-32(31)27-41(33)36/h7-11,16-30H,1-6,12-15H2. The SMILES string of the molecule is c1ccc2cc3c(ccc4c(-c5ccc6c(C7CCCCC7)c7ccccc7c(C7CCCCC7)c6c5)cccc43)cc2c1. The van der Waals surface area contributed by atoms with Crippen LogP contribution in [0, 0.1) is 0 Å². The van der Waals surface area contributed by atoms with Gasteiger partial charge in [0.2, 0.25) is 0 Å². The van der Waals surface area contributed by atoms with E-state index in [1.807, 2.05) is 0 Å². The maximum atomic E-state index is 2.59. The van der Waals surface area contributed by atoms with Gasteiger partial charge in [0.05, 0.1) is 0 Å². The van der Waals surface area contributed by atoms with E-state index in [4.69, 9.17) is 0 Å². The van der Waals surface area contributed by atoms with Crippen LogP contribution in [0.25, 0.3) is 65.0 Å². The molecule has 0 atom stereocenters. The Morgan fingerprint density at radius 2 is 0.909 bits per heavy atom. The van der Waals surface area contributed by atoms with Crippen molar-refractivity contribution in [2.24, 2.45) is 0 Å². The molecular formula is C44H40. The first-order chi connectivity index (χ1) is 21.8. The summed E-state index contributed by atoms with van der Waals surface area (Å²) in [6.07, 6.45) is 13.5. The molecule has 2 aliphatic carbocycles. The minimum Gasteiger partial charge on any atom is -0.0616 e. The summed E-state index contributed by atoms with van der Waals surface area (Å²) in [5.74, 6) is 1.32. The molecule has 0 radical (unpaired) electrons. The second kappa shape index (κ2) is 10.8. The largest absolute Gasteiger partial charge is 0.0616 e. The highest BCUT2D eigenvalue weighted by molar-refractivity contribution is 6.16. The van der Waals surface area contributed by atoms with Gasteiger partial charge < -0.3 is 0 Å². The average molecular weight is 569 g/mol. The molecule has 0 amide bonds. The van der Waals surface area contributed by atoms with Crippen LogP contribution in [0.5, 0.6) is 0 Å². The Labute approximate surface area is 260 Å². The first kappa shape index (κ1) is 26.3. The highest BCUT2D eigenvalue weighted by Crippen LogP contribution is 2.48. The van der Waals surface area contributed by atoms with E-state index in [9.17, 15) is 0 Å². The van der Waals surface area contributed by atoms with Crippen molar-refractivity contribution in [3.63, 3.8) is 0 Å². The molecule has 0 heteroatoms. The second-order valence-corrected chi connectivity index (χ2v) is 13.7. The molecule has 0 N–H and O–H groups in total. The molecule has 2 aliphatic rings. The number of benzene rings is 7. The van der Waals surface area contributed by atoms with Crippen molar-refractivity contribution in [2.75, 3.05) is 0 Å². The minimum absolute atomic E-state index is 0.650. The van der Waals surface area contributed by atoms with Crippen LogP contribution in [-0.2, 0) is 0 Å². The molecular weight excluding hydrogens is 528 g/mol. The van der Waals surface area contributed by atoms with Gasteiger partial charge in [-0.15, -0.1) is 0 Å². The fourth-order valence-corrected chi connectivity index (χ4v) is 9.11. The van der Waals surface area contributed by atoms with Crippen molar-refractivity contribution in [3.8, 4) is 11.1 Å². The molecule has 2 saturated carbocycles. The zero-order valence-electron chi connectivity index (χ0n) is 25.6. The summed E-state index contributed by atoms with van der Waals surface area (Å²) in [6, 6.07) is 42.1. The number of hydrogen-bond acceptors (Lipinski definition) is 0. The van der Waals surface area contributed by atoms with Crippen molar-refractivity contribution in [1.29, 1.82) is 0 Å². The molecule has 44 heavy (non-hydrogen) atoms. The Morgan fingerprint density at radius 1 is 0.341 bits per heavy atom. The number of hydrogen-bond donors (Lipinski definition) is 0. The van der Waals surface area contributed by atoms with Gasteiger partial charge >= 0.3 is 0 Å². The van der Waals surface area contributed by atoms with E-state index < -0.39 is 0 Å². The molecule has 0 nitrogen and oxygen atoms in total. The van der Waals surface area contributed by atoms with Crippen LogP contribution in [0.4, 0.5) is 0 Å². The zero-order valence-corrected chi connectivity index (χ0v) is 25.6. The third-order valence-electron chi connectivity index (χ3n) is 11.2. The van der Waals surface area contributed by atoms with Crippen LogP contribution in [-0.4, -0.2) is 0 Å². The summed E-state index contributed by atoms with van der Waals surface area (Å²) in [6.45, 7) is 0. The van der Waals surface area contributed by atoms with Crippen LogP contribution in [0.2, 0.25) is 0 Å². The van der Waals surface area contributed by atoms with E-state index >= 15 is 0 Å². The van der Waals surface area contributed by atoms with Crippen molar-refractivity contribution in [1.82, 2.24) is 0 Å². The highest BCUT2D eigenvalue weighted by Gasteiger charge is 2.26. The topological polar surface area (TPSA) is 0 Å². The lowest BCUT2D eigenvalue weighted by atomic mass is 9.74. The Bertz CT molecular complexity index is 2190. The fraction of sp³-hybridized carbons (Fsp3) is 0.273. The summed E-state index contributed by atoms with van der Waals surface area (Å²) in [4.78, 5) is 0. The van der Waals surface area contributed by atoms with Gasteiger partial charge in [-0.2, -0.15) is 0 Å². The summed E-state index contributed by atoms with van der Waals surface area (Å²) in [5, 5.41) is 14.1. The molecule has 7 aromatic carbocycles. The van der Waals surface area contributed by atoms with Crippen LogP contribution in [0.3, 0.4) is 0 Å². The highest BCUT2D eigenvalue weighted by atomic mass is 14.3. The van der Waals surface area contributed by atoms with E-state index in [1.165, 1.54) is 129 Å². The van der Waals surface area contributed by atoms with Gasteiger partial charge in [0.1, 0.15) is 0 Å². The van der Waals surface area contributed by atoms with E-state index in [2.05, 4.69) is 109 Å². The van der Waals surface area contributed by atoms with Gasteiger partial charge in [0.15, 0.2) is 0 Å². The molecule has 0 saturated heterocycles. The molecule has 0 unspecified atom stereocenters. The third kappa shape index (κ3) is 4.26. The van der Waals surface area contributed by atoms with Crippen LogP contribution < -0.4 is 0 Å². The maximum absolute atomic E-state index is 2.59. The predicted molar refractivity (Wildman–Crippen MR) is 191 cm³/mol. The molecule has 0 bridgehead atoms. The van der Waals surface area contributed by atoms with E-state index in [1.54, 1.807) is 11.1 Å². The number of fused-ring (bicyclic) bond motifs is 6. The molecule has 7 aromatic rings. The van der Waals surface area contributed by atoms with Crippen molar-refractivity contribution >= 4 is 53.9 Å². The van der Waals surface area contributed by atoms with E-state index in [0.717, 1.165) is 0 Å². The lowest BCUT2D eigenvalue weighted by Crippen LogP contribution is -2.10. The van der Waals surface area contributed by atoms with Gasteiger partial charge in [0.25, 0.3) is 0 Å². The lowest BCUT2D eigenvalue weighted by Gasteiger charge is -2.30. The molecule has 9 rings (SSSR count). The van der Waals surface area contributed by atoms with Crippen molar-refractivity contribution in [3.05, 3.63) is 120 Å². The molecule has 0 spiro atoms. The van der Waals surface area contributed by atoms with E-state index in [-0.39, 0.29) is 0 Å². The minimum atomic E-state index is 0.650. The Balaban J connectivity index is 1.31. The Kier molecular flexibility index (Phi) is 6.43. The first-order valence-electron chi connectivity index (χ1n) is 17.2. The van der Waals surface area contributed by atoms with Gasteiger partial charge in [-0.1, -0.05) is 130 Å². The normalized spacial score (nSPS) is 16.9. The van der Waals surface area contributed by atoms with Crippen LogP contribution in [0.1, 0.15) is 87.2 Å². The molecule has 2 fully saturated rings. The fourth-order valence-electron chi connectivity index (χ4n) is 9.11. The van der Waals surface area contributed by atoms with Gasteiger partial charge in [0, 0.05) is 0 Å². The Morgan fingerprint density at radius 3 is 1.61 bits per heavy atom. The first-order valence-corrected chi connectivity index (χ1v) is 17.2. The maximum Gasteiger partial charge on any atom is -0.00988 e. The van der Waals surface area contributed by atoms with Crippen molar-refractivity contribution < 1.29 is 0 Å². The second-order valence-electron chi connectivity index (χ2n) is 13.7. The van der Waals surface area contributed by atoms with Crippen molar-refractivity contribution in [2.45, 2.75) is 76.0 Å². The van der Waals surface area contributed by atoms with Crippen LogP contribution >= 0.6 is 0 Å². The summed E-state index contributed by atoms with van der Waals surface area (Å²) in [5.41, 5.74) is 5.97. The molecule has 0 aliphatic heterocycles.